The summed E-state index contributed by atoms with van der Waals surface area (Å²) in [5.41, 5.74) is 2.80. The number of carbonyl (C=O) groups excluding carboxylic acids is 1. The Morgan fingerprint density at radius 1 is 1.19 bits per heavy atom. The van der Waals surface area contributed by atoms with Gasteiger partial charge in [0.2, 0.25) is 0 Å². The molecule has 1 N–H and O–H groups in total. The Kier molecular flexibility index (Phi) is 8.40. The van der Waals surface area contributed by atoms with Crippen molar-refractivity contribution in [2.24, 2.45) is 5.92 Å². The van der Waals surface area contributed by atoms with Crippen LogP contribution in [0.4, 0.5) is 0 Å². The zero-order valence-electron chi connectivity index (χ0n) is 18.3. The maximum absolute atomic E-state index is 13.0. The van der Waals surface area contributed by atoms with Gasteiger partial charge in [-0.05, 0) is 36.6 Å². The normalized spacial score (nSPS) is 12.1. The van der Waals surface area contributed by atoms with E-state index < -0.39 is 0 Å². The highest BCUT2D eigenvalue weighted by atomic mass is 35.5. The molecule has 5 nitrogen and oxygen atoms in total. The lowest BCUT2D eigenvalue weighted by Gasteiger charge is -2.23. The van der Waals surface area contributed by atoms with Gasteiger partial charge in [-0.3, -0.25) is 4.79 Å². The van der Waals surface area contributed by atoms with E-state index in [-0.39, 0.29) is 17.9 Å². The molecule has 0 aliphatic carbocycles. The van der Waals surface area contributed by atoms with Crippen LogP contribution in [-0.4, -0.2) is 20.7 Å². The average Bonchev–Trinajstić information content (AvgIpc) is 3.13. The van der Waals surface area contributed by atoms with Crippen molar-refractivity contribution >= 4 is 40.9 Å². The molecule has 168 valence electrons. The lowest BCUT2D eigenvalue weighted by Crippen LogP contribution is -2.34. The number of nitrogens with zero attached hydrogens (tertiary/aromatic N) is 3. The van der Waals surface area contributed by atoms with Gasteiger partial charge >= 0.3 is 0 Å². The predicted molar refractivity (Wildman–Crippen MR) is 132 cm³/mol. The van der Waals surface area contributed by atoms with Crippen LogP contribution < -0.4 is 5.32 Å². The molecule has 0 radical (unpaired) electrons. The van der Waals surface area contributed by atoms with E-state index in [4.69, 9.17) is 23.2 Å². The Bertz CT molecular complexity index is 1100. The Balaban J connectivity index is 1.84. The van der Waals surface area contributed by atoms with Crippen LogP contribution in [0.5, 0.6) is 0 Å². The Morgan fingerprint density at radius 2 is 1.91 bits per heavy atom. The van der Waals surface area contributed by atoms with Crippen molar-refractivity contribution in [3.8, 4) is 0 Å². The minimum atomic E-state index is -0.351. The van der Waals surface area contributed by atoms with Crippen molar-refractivity contribution in [1.82, 2.24) is 20.1 Å². The third-order valence-electron chi connectivity index (χ3n) is 4.95. The lowest BCUT2D eigenvalue weighted by atomic mass is 10.0. The first-order chi connectivity index (χ1) is 15.3. The Morgan fingerprint density at radius 3 is 2.53 bits per heavy atom. The molecule has 0 unspecified atom stereocenters. The minimum Gasteiger partial charge on any atom is -0.342 e. The van der Waals surface area contributed by atoms with Gasteiger partial charge < -0.3 is 9.88 Å². The van der Waals surface area contributed by atoms with Crippen LogP contribution >= 0.6 is 35.0 Å². The standard InChI is InChI=1S/C24H26Cl2N4OS/c1-5-12-30-22(28-29-24(30)32-14-17-8-6-16(4)7-9-17)21(15(2)3)27-23(31)19-11-10-18(25)13-20(19)26/h5-11,13,15,21H,1,12,14H2,2-4H3,(H,27,31)/t21-/m1/s1. The first-order valence-electron chi connectivity index (χ1n) is 10.3. The zero-order valence-corrected chi connectivity index (χ0v) is 20.6. The van der Waals surface area contributed by atoms with Crippen molar-refractivity contribution < 1.29 is 4.79 Å². The first kappa shape index (κ1) is 24.4. The van der Waals surface area contributed by atoms with E-state index in [1.165, 1.54) is 11.1 Å². The summed E-state index contributed by atoms with van der Waals surface area (Å²) < 4.78 is 2.00. The van der Waals surface area contributed by atoms with Gasteiger partial charge in [0.05, 0.1) is 16.6 Å². The maximum Gasteiger partial charge on any atom is 0.253 e. The van der Waals surface area contributed by atoms with E-state index >= 15 is 0 Å². The molecular formula is C24H26Cl2N4OS. The van der Waals surface area contributed by atoms with Crippen molar-refractivity contribution in [3.05, 3.63) is 87.7 Å². The number of halogens is 2. The van der Waals surface area contributed by atoms with Crippen LogP contribution in [0.3, 0.4) is 0 Å². The molecule has 0 saturated heterocycles. The molecule has 2 aromatic carbocycles. The molecule has 0 aliphatic heterocycles. The maximum atomic E-state index is 13.0. The molecule has 0 fully saturated rings. The topological polar surface area (TPSA) is 59.8 Å². The number of hydrogen-bond donors (Lipinski definition) is 1. The van der Waals surface area contributed by atoms with E-state index in [2.05, 4.69) is 53.3 Å². The number of allylic oxidation sites excluding steroid dienone is 1. The van der Waals surface area contributed by atoms with Crippen LogP contribution in [0.2, 0.25) is 10.0 Å². The number of carbonyl (C=O) groups is 1. The number of amides is 1. The highest BCUT2D eigenvalue weighted by Gasteiger charge is 2.27. The summed E-state index contributed by atoms with van der Waals surface area (Å²) in [4.78, 5) is 13.0. The predicted octanol–water partition coefficient (Wildman–Crippen LogP) is 6.50. The fourth-order valence-corrected chi connectivity index (χ4v) is 4.60. The highest BCUT2D eigenvalue weighted by molar-refractivity contribution is 7.98. The molecule has 0 spiro atoms. The van der Waals surface area contributed by atoms with Gasteiger partial charge in [0.25, 0.3) is 5.91 Å². The molecule has 3 rings (SSSR count). The monoisotopic (exact) mass is 488 g/mol. The summed E-state index contributed by atoms with van der Waals surface area (Å²) in [6.45, 7) is 10.5. The Hall–Kier alpha value is -2.28. The third kappa shape index (κ3) is 5.94. The van der Waals surface area contributed by atoms with Crippen LogP contribution in [0.15, 0.2) is 60.3 Å². The summed E-state index contributed by atoms with van der Waals surface area (Å²) >= 11 is 13.8. The molecule has 0 saturated carbocycles. The fraction of sp³-hybridized carbons (Fsp3) is 0.292. The van der Waals surface area contributed by atoms with Gasteiger partial charge in [0, 0.05) is 17.3 Å². The van der Waals surface area contributed by atoms with Crippen molar-refractivity contribution in [2.75, 3.05) is 0 Å². The smallest absolute Gasteiger partial charge is 0.253 e. The average molecular weight is 489 g/mol. The summed E-state index contributed by atoms with van der Waals surface area (Å²) in [6.07, 6.45) is 1.80. The number of aromatic nitrogens is 3. The molecule has 8 heteroatoms. The van der Waals surface area contributed by atoms with Gasteiger partial charge in [0.15, 0.2) is 11.0 Å². The summed E-state index contributed by atoms with van der Waals surface area (Å²) in [6, 6.07) is 12.9. The molecule has 1 atom stereocenters. The van der Waals surface area contributed by atoms with Crippen molar-refractivity contribution in [3.63, 3.8) is 0 Å². The minimum absolute atomic E-state index is 0.0766. The second-order valence-corrected chi connectivity index (χ2v) is 9.62. The van der Waals surface area contributed by atoms with E-state index in [1.807, 2.05) is 18.4 Å². The molecule has 3 aromatic rings. The zero-order chi connectivity index (χ0) is 23.3. The summed E-state index contributed by atoms with van der Waals surface area (Å²) in [7, 11) is 0. The number of aryl methyl sites for hydroxylation is 1. The van der Waals surface area contributed by atoms with E-state index in [9.17, 15) is 4.79 Å². The van der Waals surface area contributed by atoms with Gasteiger partial charge in [-0.1, -0.05) is 84.7 Å². The second-order valence-electron chi connectivity index (χ2n) is 7.83. The largest absolute Gasteiger partial charge is 0.342 e. The van der Waals surface area contributed by atoms with E-state index in [1.54, 1.807) is 36.0 Å². The van der Waals surface area contributed by atoms with E-state index in [0.29, 0.717) is 28.0 Å². The third-order valence-corrected chi connectivity index (χ3v) is 6.54. The van der Waals surface area contributed by atoms with Crippen LogP contribution in [-0.2, 0) is 12.3 Å². The number of hydrogen-bond acceptors (Lipinski definition) is 4. The molecular weight excluding hydrogens is 463 g/mol. The van der Waals surface area contributed by atoms with Gasteiger partial charge in [-0.2, -0.15) is 0 Å². The number of nitrogens with one attached hydrogen (secondary N) is 1. The van der Waals surface area contributed by atoms with Crippen molar-refractivity contribution in [2.45, 2.75) is 44.3 Å². The lowest BCUT2D eigenvalue weighted by molar-refractivity contribution is 0.0922. The number of thioether (sulfide) groups is 1. The van der Waals surface area contributed by atoms with Gasteiger partial charge in [0.1, 0.15) is 0 Å². The highest BCUT2D eigenvalue weighted by Crippen LogP contribution is 2.28. The number of benzene rings is 2. The van der Waals surface area contributed by atoms with Crippen LogP contribution in [0.25, 0.3) is 0 Å². The summed E-state index contributed by atoms with van der Waals surface area (Å²) in [5, 5.41) is 13.5. The van der Waals surface area contributed by atoms with Gasteiger partial charge in [-0.25, -0.2) is 0 Å². The van der Waals surface area contributed by atoms with Gasteiger partial charge in [-0.15, -0.1) is 16.8 Å². The van der Waals surface area contributed by atoms with E-state index in [0.717, 1.165) is 10.9 Å². The molecule has 1 aromatic heterocycles. The quantitative estimate of drug-likeness (QED) is 0.275. The Labute approximate surface area is 203 Å². The van der Waals surface area contributed by atoms with Crippen LogP contribution in [0.1, 0.15) is 47.2 Å². The first-order valence-corrected chi connectivity index (χ1v) is 12.0. The molecule has 32 heavy (non-hydrogen) atoms. The summed E-state index contributed by atoms with van der Waals surface area (Å²) in [5.74, 6) is 1.25. The molecule has 1 amide bonds. The fourth-order valence-electron chi connectivity index (χ4n) is 3.19. The van der Waals surface area contributed by atoms with Crippen molar-refractivity contribution in [1.29, 1.82) is 0 Å². The number of rotatable bonds is 9. The second kappa shape index (κ2) is 11.0. The SMILES string of the molecule is C=CCn1c(SCc2ccc(C)cc2)nnc1[C@H](NC(=O)c1ccc(Cl)cc1Cl)C(C)C. The molecule has 0 bridgehead atoms. The van der Waals surface area contributed by atoms with Crippen LogP contribution in [0, 0.1) is 12.8 Å². The molecule has 0 aliphatic rings. The molecule has 1 heterocycles.